The van der Waals surface area contributed by atoms with Crippen LogP contribution in [0.4, 0.5) is 0 Å². The van der Waals surface area contributed by atoms with E-state index in [9.17, 15) is 4.79 Å². The van der Waals surface area contributed by atoms with Crippen molar-refractivity contribution in [2.75, 3.05) is 14.2 Å². The number of benzene rings is 1. The highest BCUT2D eigenvalue weighted by molar-refractivity contribution is 7.13. The first-order valence-corrected chi connectivity index (χ1v) is 8.93. The summed E-state index contributed by atoms with van der Waals surface area (Å²) in [4.78, 5) is 17.5. The van der Waals surface area contributed by atoms with Crippen LogP contribution in [-0.2, 0) is 17.8 Å². The molecular formula is C19H18N2O5S. The summed E-state index contributed by atoms with van der Waals surface area (Å²) in [6, 6.07) is 7.03. The summed E-state index contributed by atoms with van der Waals surface area (Å²) in [5, 5.41) is 5.75. The van der Waals surface area contributed by atoms with Gasteiger partial charge in [-0.2, -0.15) is 4.98 Å². The van der Waals surface area contributed by atoms with Crippen LogP contribution in [0.2, 0.25) is 0 Å². The Morgan fingerprint density at radius 1 is 1.33 bits per heavy atom. The number of thiophene rings is 1. The second kappa shape index (κ2) is 8.50. The summed E-state index contributed by atoms with van der Waals surface area (Å²) in [6.07, 6.45) is 2.24. The molecule has 0 aliphatic heterocycles. The van der Waals surface area contributed by atoms with Crippen molar-refractivity contribution in [1.82, 2.24) is 10.1 Å². The van der Waals surface area contributed by atoms with Crippen LogP contribution >= 0.6 is 11.3 Å². The van der Waals surface area contributed by atoms with E-state index in [0.717, 1.165) is 10.4 Å². The Morgan fingerprint density at radius 2 is 2.19 bits per heavy atom. The van der Waals surface area contributed by atoms with Crippen molar-refractivity contribution in [3.8, 4) is 22.3 Å². The monoisotopic (exact) mass is 386 g/mol. The number of hydrogen-bond acceptors (Lipinski definition) is 8. The van der Waals surface area contributed by atoms with Crippen LogP contribution in [0.25, 0.3) is 10.8 Å². The third-order valence-corrected chi connectivity index (χ3v) is 4.55. The molecule has 0 spiro atoms. The molecule has 0 aliphatic rings. The van der Waals surface area contributed by atoms with Gasteiger partial charge >= 0.3 is 5.97 Å². The van der Waals surface area contributed by atoms with Crippen LogP contribution in [0, 0.1) is 0 Å². The molecule has 0 bridgehead atoms. The Hall–Kier alpha value is -3.13. The smallest absolute Gasteiger partial charge is 0.338 e. The first kappa shape index (κ1) is 18.7. The van der Waals surface area contributed by atoms with Crippen LogP contribution in [-0.4, -0.2) is 30.3 Å². The molecule has 0 atom stereocenters. The van der Waals surface area contributed by atoms with Crippen molar-refractivity contribution in [3.05, 3.63) is 59.3 Å². The van der Waals surface area contributed by atoms with Gasteiger partial charge in [-0.3, -0.25) is 0 Å². The van der Waals surface area contributed by atoms with E-state index >= 15 is 0 Å². The van der Waals surface area contributed by atoms with Gasteiger partial charge in [0.2, 0.25) is 5.82 Å². The normalized spacial score (nSPS) is 10.4. The van der Waals surface area contributed by atoms with E-state index in [1.54, 1.807) is 25.3 Å². The first-order chi connectivity index (χ1) is 13.2. The highest BCUT2D eigenvalue weighted by Crippen LogP contribution is 2.33. The molecule has 0 radical (unpaired) electrons. The fourth-order valence-electron chi connectivity index (χ4n) is 2.49. The van der Waals surface area contributed by atoms with Gasteiger partial charge in [-0.1, -0.05) is 17.3 Å². The highest BCUT2D eigenvalue weighted by Gasteiger charge is 2.18. The molecule has 140 valence electrons. The van der Waals surface area contributed by atoms with E-state index in [1.807, 2.05) is 17.5 Å². The third-order valence-electron chi connectivity index (χ3n) is 3.69. The Balaban J connectivity index is 1.74. The molecule has 0 saturated carbocycles. The molecule has 0 fully saturated rings. The predicted octanol–water partition coefficient (Wildman–Crippen LogP) is 3.90. The Labute approximate surface area is 160 Å². The Morgan fingerprint density at radius 3 is 2.85 bits per heavy atom. The molecule has 2 heterocycles. The minimum absolute atomic E-state index is 0.0984. The minimum Gasteiger partial charge on any atom is -0.493 e. The van der Waals surface area contributed by atoms with Crippen molar-refractivity contribution in [1.29, 1.82) is 0 Å². The topological polar surface area (TPSA) is 83.7 Å². The SMILES string of the molecule is C=CCc1cc(C(=O)OCc2noc(-c3cccs3)n2)cc(OC)c1OC. The molecule has 8 heteroatoms. The van der Waals surface area contributed by atoms with Crippen LogP contribution in [0.15, 0.2) is 46.8 Å². The van der Waals surface area contributed by atoms with Crippen molar-refractivity contribution >= 4 is 17.3 Å². The lowest BCUT2D eigenvalue weighted by Crippen LogP contribution is -2.08. The van der Waals surface area contributed by atoms with E-state index in [0.29, 0.717) is 35.2 Å². The molecule has 0 unspecified atom stereocenters. The fraction of sp³-hybridized carbons (Fsp3) is 0.211. The number of rotatable bonds is 8. The third kappa shape index (κ3) is 4.17. The summed E-state index contributed by atoms with van der Waals surface area (Å²) in [5.41, 5.74) is 1.12. The lowest BCUT2D eigenvalue weighted by Gasteiger charge is -2.13. The maximum Gasteiger partial charge on any atom is 0.338 e. The van der Waals surface area contributed by atoms with Gasteiger partial charge in [-0.25, -0.2) is 4.79 Å². The number of carbonyl (C=O) groups excluding carboxylic acids is 1. The van der Waals surface area contributed by atoms with Gasteiger partial charge in [0.1, 0.15) is 0 Å². The fourth-order valence-corrected chi connectivity index (χ4v) is 3.14. The number of hydrogen-bond donors (Lipinski definition) is 0. The number of aromatic nitrogens is 2. The van der Waals surface area contributed by atoms with Crippen molar-refractivity contribution in [2.45, 2.75) is 13.0 Å². The molecule has 0 N–H and O–H groups in total. The van der Waals surface area contributed by atoms with Gasteiger partial charge in [0.05, 0.1) is 24.7 Å². The molecule has 1 aromatic carbocycles. The molecule has 27 heavy (non-hydrogen) atoms. The molecular weight excluding hydrogens is 368 g/mol. The Bertz CT molecular complexity index is 934. The van der Waals surface area contributed by atoms with Crippen molar-refractivity contribution in [2.24, 2.45) is 0 Å². The second-order valence-electron chi connectivity index (χ2n) is 5.43. The zero-order chi connectivity index (χ0) is 19.2. The van der Waals surface area contributed by atoms with Gasteiger partial charge in [-0.05, 0) is 30.0 Å². The van der Waals surface area contributed by atoms with Crippen LogP contribution in [0.3, 0.4) is 0 Å². The maximum absolute atomic E-state index is 12.4. The molecule has 3 rings (SSSR count). The number of carbonyl (C=O) groups is 1. The zero-order valence-corrected chi connectivity index (χ0v) is 15.7. The second-order valence-corrected chi connectivity index (χ2v) is 6.38. The summed E-state index contributed by atoms with van der Waals surface area (Å²) >= 11 is 1.49. The lowest BCUT2D eigenvalue weighted by molar-refractivity contribution is 0.0459. The summed E-state index contributed by atoms with van der Waals surface area (Å²) in [5.74, 6) is 1.17. The number of ether oxygens (including phenoxy) is 3. The van der Waals surface area contributed by atoms with Crippen molar-refractivity contribution < 1.29 is 23.5 Å². The van der Waals surface area contributed by atoms with E-state index < -0.39 is 5.97 Å². The van der Waals surface area contributed by atoms with Gasteiger partial charge in [-0.15, -0.1) is 17.9 Å². The number of nitrogens with zero attached hydrogens (tertiary/aromatic N) is 2. The summed E-state index contributed by atoms with van der Waals surface area (Å²) in [6.45, 7) is 3.62. The van der Waals surface area contributed by atoms with Gasteiger partial charge in [0, 0.05) is 5.56 Å². The largest absolute Gasteiger partial charge is 0.493 e. The van der Waals surface area contributed by atoms with E-state index in [2.05, 4.69) is 16.7 Å². The van der Waals surface area contributed by atoms with Crippen LogP contribution < -0.4 is 9.47 Å². The van der Waals surface area contributed by atoms with Gasteiger partial charge < -0.3 is 18.7 Å². The molecule has 0 amide bonds. The molecule has 0 aliphatic carbocycles. The average Bonchev–Trinajstić information content (AvgIpc) is 3.37. The van der Waals surface area contributed by atoms with Crippen LogP contribution in [0.1, 0.15) is 21.7 Å². The van der Waals surface area contributed by atoms with Gasteiger partial charge in [0.25, 0.3) is 5.89 Å². The average molecular weight is 386 g/mol. The quantitative estimate of drug-likeness (QED) is 0.429. The predicted molar refractivity (Wildman–Crippen MR) is 100 cm³/mol. The number of allylic oxidation sites excluding steroid dienone is 1. The highest BCUT2D eigenvalue weighted by atomic mass is 32.1. The lowest BCUT2D eigenvalue weighted by atomic mass is 10.1. The minimum atomic E-state index is -0.524. The van der Waals surface area contributed by atoms with E-state index in [4.69, 9.17) is 18.7 Å². The number of methoxy groups -OCH3 is 2. The zero-order valence-electron chi connectivity index (χ0n) is 14.9. The maximum atomic E-state index is 12.4. The standard InChI is InChI=1S/C19H18N2O5S/c1-4-6-12-9-13(10-14(23-2)17(12)24-3)19(22)25-11-16-20-18(26-21-16)15-7-5-8-27-15/h4-5,7-10H,1,6,11H2,2-3H3. The van der Waals surface area contributed by atoms with Gasteiger partial charge in [0.15, 0.2) is 18.1 Å². The summed E-state index contributed by atoms with van der Waals surface area (Å²) < 4.78 is 21.2. The molecule has 0 saturated heterocycles. The summed E-state index contributed by atoms with van der Waals surface area (Å²) in [7, 11) is 3.06. The van der Waals surface area contributed by atoms with Crippen LogP contribution in [0.5, 0.6) is 11.5 Å². The Kier molecular flexibility index (Phi) is 5.87. The molecule has 7 nitrogen and oxygen atoms in total. The molecule has 3 aromatic rings. The van der Waals surface area contributed by atoms with Crippen molar-refractivity contribution in [3.63, 3.8) is 0 Å². The molecule has 2 aromatic heterocycles. The van der Waals surface area contributed by atoms with E-state index in [-0.39, 0.29) is 6.61 Å². The number of esters is 1. The van der Waals surface area contributed by atoms with E-state index in [1.165, 1.54) is 18.4 Å². The first-order valence-electron chi connectivity index (χ1n) is 8.05.